The maximum Gasteiger partial charge on any atom is -0.00353 e. The van der Waals surface area contributed by atoms with E-state index in [9.17, 15) is 0 Å². The van der Waals surface area contributed by atoms with E-state index >= 15 is 0 Å². The third-order valence-electron chi connectivity index (χ3n) is 3.61. The summed E-state index contributed by atoms with van der Waals surface area (Å²) in [5, 5.41) is 0. The van der Waals surface area contributed by atoms with E-state index in [2.05, 4.69) is 51.1 Å². The normalized spacial score (nSPS) is 26.2. The number of hydrogen-bond donors (Lipinski definition) is 0. The van der Waals surface area contributed by atoms with Crippen molar-refractivity contribution >= 4 is 0 Å². The molecule has 0 bridgehead atoms. The smallest absolute Gasteiger partial charge is 0.00353 e. The van der Waals surface area contributed by atoms with Crippen LogP contribution in [0.2, 0.25) is 0 Å². The lowest BCUT2D eigenvalue weighted by Crippen LogP contribution is -2.24. The van der Waals surface area contributed by atoms with Gasteiger partial charge in [0.05, 0.1) is 0 Å². The molecule has 0 heterocycles. The molecule has 0 N–H and O–H groups in total. The highest BCUT2D eigenvalue weighted by atomic mass is 14.3. The molecule has 0 heteroatoms. The van der Waals surface area contributed by atoms with E-state index in [1.54, 1.807) is 5.57 Å². The molecular weight excluding hydrogens is 180 g/mol. The summed E-state index contributed by atoms with van der Waals surface area (Å²) < 4.78 is 0. The van der Waals surface area contributed by atoms with E-state index in [0.717, 1.165) is 0 Å². The molecule has 1 aliphatic carbocycles. The first-order valence-corrected chi connectivity index (χ1v) is 5.83. The minimum absolute atomic E-state index is 0.368. The predicted molar refractivity (Wildman–Crippen MR) is 66.1 cm³/mol. The van der Waals surface area contributed by atoms with Crippen LogP contribution in [-0.4, -0.2) is 0 Å². The van der Waals surface area contributed by atoms with Crippen molar-refractivity contribution in [3.63, 3.8) is 0 Å². The van der Waals surface area contributed by atoms with E-state index in [-0.39, 0.29) is 0 Å². The van der Waals surface area contributed by atoms with Gasteiger partial charge < -0.3 is 0 Å². The highest BCUT2D eigenvalue weighted by Crippen LogP contribution is 2.38. The van der Waals surface area contributed by atoms with Gasteiger partial charge in [0.15, 0.2) is 0 Å². The van der Waals surface area contributed by atoms with Crippen LogP contribution in [0.15, 0.2) is 35.9 Å². The number of allylic oxidation sites excluding steroid dienone is 2. The van der Waals surface area contributed by atoms with Crippen molar-refractivity contribution in [1.29, 1.82) is 0 Å². The zero-order chi connectivity index (χ0) is 10.9. The van der Waals surface area contributed by atoms with Gasteiger partial charge in [0.25, 0.3) is 0 Å². The fourth-order valence-electron chi connectivity index (χ4n) is 2.62. The monoisotopic (exact) mass is 200 g/mol. The van der Waals surface area contributed by atoms with Crippen molar-refractivity contribution in [1.82, 2.24) is 0 Å². The van der Waals surface area contributed by atoms with Crippen LogP contribution >= 0.6 is 0 Å². The highest BCUT2D eigenvalue weighted by molar-refractivity contribution is 5.31. The average molecular weight is 200 g/mol. The fourth-order valence-corrected chi connectivity index (χ4v) is 2.62. The fraction of sp³-hybridized carbons (Fsp3) is 0.467. The van der Waals surface area contributed by atoms with Gasteiger partial charge in [0, 0.05) is 0 Å². The van der Waals surface area contributed by atoms with Gasteiger partial charge in [-0.15, -0.1) is 0 Å². The summed E-state index contributed by atoms with van der Waals surface area (Å²) in [6.07, 6.45) is 6.12. The van der Waals surface area contributed by atoms with E-state index in [1.165, 1.54) is 30.4 Å². The van der Waals surface area contributed by atoms with Gasteiger partial charge in [-0.05, 0) is 44.1 Å². The molecule has 1 aliphatic rings. The number of benzene rings is 1. The molecule has 15 heavy (non-hydrogen) atoms. The maximum absolute atomic E-state index is 2.40. The predicted octanol–water partition coefficient (Wildman–Crippen LogP) is 4.38. The highest BCUT2D eigenvalue weighted by Gasteiger charge is 2.28. The van der Waals surface area contributed by atoms with E-state index in [4.69, 9.17) is 0 Å². The van der Waals surface area contributed by atoms with Gasteiger partial charge in [-0.25, -0.2) is 0 Å². The van der Waals surface area contributed by atoms with Crippen molar-refractivity contribution in [2.24, 2.45) is 0 Å². The molecule has 0 fully saturated rings. The molecule has 2 rings (SSSR count). The first-order chi connectivity index (χ1) is 7.10. The summed E-state index contributed by atoms with van der Waals surface area (Å²) in [5.74, 6) is 0. The van der Waals surface area contributed by atoms with Gasteiger partial charge in [-0.1, -0.05) is 48.4 Å². The van der Waals surface area contributed by atoms with Gasteiger partial charge in [0.2, 0.25) is 0 Å². The van der Waals surface area contributed by atoms with Crippen LogP contribution in [0.5, 0.6) is 0 Å². The van der Waals surface area contributed by atoms with Crippen molar-refractivity contribution < 1.29 is 0 Å². The lowest BCUT2D eigenvalue weighted by Gasteiger charge is -2.33. The van der Waals surface area contributed by atoms with Crippen molar-refractivity contribution in [3.05, 3.63) is 47.0 Å². The summed E-state index contributed by atoms with van der Waals surface area (Å²) in [6.45, 7) is 6.80. The van der Waals surface area contributed by atoms with E-state index in [0.29, 0.717) is 5.41 Å². The third kappa shape index (κ3) is 2.14. The Morgan fingerprint density at radius 1 is 1.07 bits per heavy atom. The summed E-state index contributed by atoms with van der Waals surface area (Å²) in [6, 6.07) is 9.06. The minimum atomic E-state index is 0.368. The van der Waals surface area contributed by atoms with Crippen LogP contribution in [0.4, 0.5) is 0 Å². The lowest BCUT2D eigenvalue weighted by molar-refractivity contribution is 0.415. The molecule has 0 unspecified atom stereocenters. The van der Waals surface area contributed by atoms with Gasteiger partial charge >= 0.3 is 0 Å². The van der Waals surface area contributed by atoms with Crippen LogP contribution in [-0.2, 0) is 5.41 Å². The van der Waals surface area contributed by atoms with Crippen LogP contribution < -0.4 is 0 Å². The van der Waals surface area contributed by atoms with Crippen molar-refractivity contribution in [2.45, 2.75) is 45.4 Å². The van der Waals surface area contributed by atoms with E-state index in [1.807, 2.05) is 0 Å². The molecule has 1 aromatic carbocycles. The van der Waals surface area contributed by atoms with Crippen LogP contribution in [0, 0.1) is 6.92 Å². The molecule has 0 nitrogen and oxygen atoms in total. The summed E-state index contributed by atoms with van der Waals surface area (Å²) in [4.78, 5) is 0. The SMILES string of the molecule is CC1=CCC[C@@](C)(c2ccc(C)cc2)C1. The molecule has 1 atom stereocenters. The molecule has 0 radical (unpaired) electrons. The standard InChI is InChI=1S/C15H20/c1-12-6-8-14(9-7-12)15(3)10-4-5-13(2)11-15/h5-9H,4,10-11H2,1-3H3/t15-/m1/s1. The Kier molecular flexibility index (Phi) is 2.68. The van der Waals surface area contributed by atoms with Gasteiger partial charge in [-0.3, -0.25) is 0 Å². The Hall–Kier alpha value is -1.04. The topological polar surface area (TPSA) is 0 Å². The first-order valence-electron chi connectivity index (χ1n) is 5.83. The number of rotatable bonds is 1. The molecule has 80 valence electrons. The molecule has 0 aromatic heterocycles. The molecule has 0 amide bonds. The summed E-state index contributed by atoms with van der Waals surface area (Å²) >= 11 is 0. The lowest BCUT2D eigenvalue weighted by atomic mass is 9.71. The van der Waals surface area contributed by atoms with Gasteiger partial charge in [-0.2, -0.15) is 0 Å². The second-order valence-electron chi connectivity index (χ2n) is 5.19. The summed E-state index contributed by atoms with van der Waals surface area (Å²) in [7, 11) is 0. The Morgan fingerprint density at radius 3 is 2.33 bits per heavy atom. The maximum atomic E-state index is 2.40. The van der Waals surface area contributed by atoms with Gasteiger partial charge in [0.1, 0.15) is 0 Å². The second-order valence-corrected chi connectivity index (χ2v) is 5.19. The molecule has 1 aromatic rings. The van der Waals surface area contributed by atoms with Crippen LogP contribution in [0.1, 0.15) is 44.2 Å². The Bertz CT molecular complexity index is 370. The van der Waals surface area contributed by atoms with Crippen LogP contribution in [0.3, 0.4) is 0 Å². The zero-order valence-electron chi connectivity index (χ0n) is 10.0. The molecule has 0 spiro atoms. The average Bonchev–Trinajstić information content (AvgIpc) is 2.18. The summed E-state index contributed by atoms with van der Waals surface area (Å²) in [5.41, 5.74) is 4.77. The number of aryl methyl sites for hydroxylation is 1. The second kappa shape index (κ2) is 3.84. The number of hydrogen-bond acceptors (Lipinski definition) is 0. The molecular formula is C15H20. The third-order valence-corrected chi connectivity index (χ3v) is 3.61. The molecule has 0 saturated heterocycles. The van der Waals surface area contributed by atoms with Crippen molar-refractivity contribution in [2.75, 3.05) is 0 Å². The van der Waals surface area contributed by atoms with E-state index < -0.39 is 0 Å². The molecule has 0 saturated carbocycles. The van der Waals surface area contributed by atoms with Crippen LogP contribution in [0.25, 0.3) is 0 Å². The zero-order valence-corrected chi connectivity index (χ0v) is 10.0. The Labute approximate surface area is 93.0 Å². The van der Waals surface area contributed by atoms with Crippen molar-refractivity contribution in [3.8, 4) is 0 Å². The largest absolute Gasteiger partial charge is 0.0855 e. The Morgan fingerprint density at radius 2 is 1.73 bits per heavy atom. The Balaban J connectivity index is 2.29. The molecule has 0 aliphatic heterocycles. The first kappa shape index (κ1) is 10.5. The quantitative estimate of drug-likeness (QED) is 0.590. The minimum Gasteiger partial charge on any atom is -0.0855 e.